The maximum atomic E-state index is 3.45. The van der Waals surface area contributed by atoms with Gasteiger partial charge in [0.2, 0.25) is 0 Å². The van der Waals surface area contributed by atoms with E-state index in [9.17, 15) is 0 Å². The topological polar surface area (TPSA) is 0 Å². The van der Waals surface area contributed by atoms with E-state index >= 15 is 0 Å². The van der Waals surface area contributed by atoms with Gasteiger partial charge in [-0.2, -0.15) is 0 Å². The number of thiophene rings is 4. The molecule has 0 unspecified atom stereocenters. The Balaban J connectivity index is 0.000000184. The Morgan fingerprint density at radius 2 is 0.767 bits per heavy atom. The van der Waals surface area contributed by atoms with E-state index in [0.29, 0.717) is 0 Å². The van der Waals surface area contributed by atoms with Crippen molar-refractivity contribution in [3.63, 3.8) is 0 Å². The first-order valence-electron chi connectivity index (χ1n) is 9.65. The van der Waals surface area contributed by atoms with Gasteiger partial charge >= 0.3 is 129 Å². The molecule has 0 aliphatic rings. The van der Waals surface area contributed by atoms with Crippen LogP contribution in [0, 0.1) is 0 Å². The van der Waals surface area contributed by atoms with E-state index in [1.807, 2.05) is 22.7 Å². The van der Waals surface area contributed by atoms with E-state index in [-0.39, 0.29) is 0 Å². The van der Waals surface area contributed by atoms with Crippen molar-refractivity contribution in [2.24, 2.45) is 0 Å². The van der Waals surface area contributed by atoms with Crippen LogP contribution in [0.5, 0.6) is 0 Å². The molecule has 0 saturated heterocycles. The molecule has 0 amide bonds. The Morgan fingerprint density at radius 1 is 0.467 bits per heavy atom. The SMILES string of the molecule is Brc1ccc(-c2ccc(Br)s2)s1.[CH3][Sn]([CH3])([CH3])[c]1ccc(-c2cc[c]([Sn]([CH3])([CH3])[CH3])s2)s1. The van der Waals surface area contributed by atoms with E-state index in [2.05, 4.69) is 110 Å². The van der Waals surface area contributed by atoms with Crippen molar-refractivity contribution in [2.45, 2.75) is 29.6 Å². The summed E-state index contributed by atoms with van der Waals surface area (Å²) in [4.78, 5) is 20.6. The van der Waals surface area contributed by atoms with Crippen LogP contribution in [-0.2, 0) is 0 Å². The summed E-state index contributed by atoms with van der Waals surface area (Å²) in [6, 6.07) is 17.9. The molecule has 0 bridgehead atoms. The van der Waals surface area contributed by atoms with Gasteiger partial charge in [-0.3, -0.25) is 0 Å². The zero-order valence-electron chi connectivity index (χ0n) is 18.0. The molecule has 4 aromatic heterocycles. The van der Waals surface area contributed by atoms with Gasteiger partial charge in [0.1, 0.15) is 0 Å². The standard InChI is InChI=1S/C8H4Br2S2.C8H4S2.6CH3.2Sn/c9-7-3-1-5(11-7)6-2-4-8(10)12-6;1-3-7(9-5-1)8-4-2-6-10-8;;;;;;;;/h1-4H;1-4H;6*1H3;;. The summed E-state index contributed by atoms with van der Waals surface area (Å²) in [5.41, 5.74) is 0. The molecule has 0 saturated carbocycles. The van der Waals surface area contributed by atoms with Gasteiger partial charge in [0.25, 0.3) is 0 Å². The van der Waals surface area contributed by atoms with Crippen molar-refractivity contribution in [3.8, 4) is 19.5 Å². The van der Waals surface area contributed by atoms with E-state index in [1.54, 1.807) is 28.5 Å². The van der Waals surface area contributed by atoms with Crippen LogP contribution in [0.15, 0.2) is 56.1 Å². The molecule has 0 N–H and O–H groups in total. The molecule has 4 heterocycles. The number of hydrogen-bond donors (Lipinski definition) is 0. The average Bonchev–Trinajstić information content (AvgIpc) is 3.40. The second kappa shape index (κ2) is 10.7. The van der Waals surface area contributed by atoms with Crippen LogP contribution < -0.4 is 5.79 Å². The van der Waals surface area contributed by atoms with E-state index in [4.69, 9.17) is 0 Å². The van der Waals surface area contributed by atoms with Gasteiger partial charge < -0.3 is 0 Å². The molecule has 4 rings (SSSR count). The minimum absolute atomic E-state index is 1.18. The molecule has 0 radical (unpaired) electrons. The van der Waals surface area contributed by atoms with E-state index in [1.165, 1.54) is 27.1 Å². The van der Waals surface area contributed by atoms with Crippen LogP contribution in [-0.4, -0.2) is 36.8 Å². The molecule has 0 spiro atoms. The zero-order chi connectivity index (χ0) is 22.1. The Hall–Kier alpha value is 1.36. The molecular weight excluding hydrogens is 790 g/mol. The summed E-state index contributed by atoms with van der Waals surface area (Å²) in [5.74, 6) is 0. The normalized spacial score (nSPS) is 12.0. The van der Waals surface area contributed by atoms with Crippen molar-refractivity contribution in [1.29, 1.82) is 0 Å². The summed E-state index contributed by atoms with van der Waals surface area (Å²) >= 11 is 10.8. The van der Waals surface area contributed by atoms with Crippen LogP contribution in [0.25, 0.3) is 19.5 Å². The van der Waals surface area contributed by atoms with Crippen LogP contribution in [0.2, 0.25) is 29.6 Å². The first kappa shape index (κ1) is 26.0. The summed E-state index contributed by atoms with van der Waals surface area (Å²) in [7, 11) is 0. The summed E-state index contributed by atoms with van der Waals surface area (Å²) < 4.78 is 5.74. The molecule has 0 aromatic carbocycles. The Kier molecular flexibility index (Phi) is 9.30. The van der Waals surface area contributed by atoms with Gasteiger partial charge in [-0.1, -0.05) is 0 Å². The molecule has 30 heavy (non-hydrogen) atoms. The number of rotatable bonds is 4. The molecule has 0 nitrogen and oxygen atoms in total. The van der Waals surface area contributed by atoms with Crippen molar-refractivity contribution in [2.75, 3.05) is 0 Å². The van der Waals surface area contributed by atoms with E-state index < -0.39 is 36.8 Å². The van der Waals surface area contributed by atoms with Gasteiger partial charge in [-0.25, -0.2) is 0 Å². The second-order valence-corrected chi connectivity index (χ2v) is 47.0. The third-order valence-corrected chi connectivity index (χ3v) is 29.1. The number of hydrogen-bond acceptors (Lipinski definition) is 4. The van der Waals surface area contributed by atoms with Crippen LogP contribution in [0.1, 0.15) is 0 Å². The monoisotopic (exact) mass is 816 g/mol. The van der Waals surface area contributed by atoms with Crippen molar-refractivity contribution in [3.05, 3.63) is 56.1 Å². The molecule has 4 aromatic rings. The van der Waals surface area contributed by atoms with Gasteiger partial charge in [0.15, 0.2) is 0 Å². The maximum absolute atomic E-state index is 3.45. The van der Waals surface area contributed by atoms with Gasteiger partial charge in [-0.05, 0) is 56.1 Å². The van der Waals surface area contributed by atoms with Crippen LogP contribution >= 0.6 is 77.2 Å². The summed E-state index contributed by atoms with van der Waals surface area (Å²) in [5, 5.41) is 0. The van der Waals surface area contributed by atoms with E-state index in [0.717, 1.165) is 0 Å². The van der Waals surface area contributed by atoms with Crippen LogP contribution in [0.4, 0.5) is 0 Å². The predicted octanol–water partition coefficient (Wildman–Crippen LogP) is 9.57. The fraction of sp³-hybridized carbons (Fsp3) is 0.273. The van der Waals surface area contributed by atoms with Gasteiger partial charge in [0.05, 0.1) is 7.57 Å². The van der Waals surface area contributed by atoms with Crippen LogP contribution in [0.3, 0.4) is 0 Å². The molecule has 0 atom stereocenters. The average molecular weight is 816 g/mol. The Bertz CT molecular complexity index is 1020. The molecular formula is C22H26Br2S4Sn2. The fourth-order valence-corrected chi connectivity index (χ4v) is 18.2. The first-order chi connectivity index (χ1) is 13.9. The summed E-state index contributed by atoms with van der Waals surface area (Å²) in [6.07, 6.45) is 0. The van der Waals surface area contributed by atoms with Crippen molar-refractivity contribution < 1.29 is 0 Å². The van der Waals surface area contributed by atoms with Gasteiger partial charge in [-0.15, -0.1) is 22.7 Å². The zero-order valence-corrected chi connectivity index (χ0v) is 30.2. The molecule has 0 fully saturated rings. The minimum atomic E-state index is -1.86. The van der Waals surface area contributed by atoms with Gasteiger partial charge in [0, 0.05) is 9.75 Å². The summed E-state index contributed by atoms with van der Waals surface area (Å²) in [6.45, 7) is 0. The molecule has 8 heteroatoms. The molecule has 0 aliphatic carbocycles. The predicted molar refractivity (Wildman–Crippen MR) is 157 cm³/mol. The molecule has 0 aliphatic heterocycles. The first-order valence-corrected chi connectivity index (χ1v) is 34.5. The number of halogens is 2. The van der Waals surface area contributed by atoms with Crippen molar-refractivity contribution >= 4 is 120 Å². The third kappa shape index (κ3) is 7.18. The second-order valence-electron chi connectivity index (χ2n) is 9.04. The Labute approximate surface area is 221 Å². The van der Waals surface area contributed by atoms with Crippen molar-refractivity contribution in [1.82, 2.24) is 0 Å². The quantitative estimate of drug-likeness (QED) is 0.180. The third-order valence-electron chi connectivity index (χ3n) is 4.32. The molecule has 160 valence electrons. The fourth-order valence-electron chi connectivity index (χ4n) is 2.64. The Morgan fingerprint density at radius 3 is 1.00 bits per heavy atom.